The highest BCUT2D eigenvalue weighted by atomic mass is 16.9. The summed E-state index contributed by atoms with van der Waals surface area (Å²) in [6.45, 7) is 0. The standard InChI is InChI=1S/C2H2O4.NO3.H3N/c3-1(4)2(5)6;2-1(3)4;/h(H,3,4)(H,5,6);;1H3/q;-1;/p+1. The second kappa shape index (κ2) is 8.10. The molecule has 0 aromatic heterocycles. The van der Waals surface area contributed by atoms with Crippen molar-refractivity contribution in [3.8, 4) is 0 Å². The van der Waals surface area contributed by atoms with Gasteiger partial charge in [-0.1, -0.05) is 0 Å². The largest absolute Gasteiger partial charge is 0.473 e. The first kappa shape index (κ1) is 16.0. The van der Waals surface area contributed by atoms with Crippen molar-refractivity contribution in [2.45, 2.75) is 0 Å². The van der Waals surface area contributed by atoms with Crippen LogP contribution in [0, 0.1) is 15.3 Å². The summed E-state index contributed by atoms with van der Waals surface area (Å²) in [5.74, 6) is -3.65. The van der Waals surface area contributed by atoms with Gasteiger partial charge in [0, 0.05) is 0 Å². The van der Waals surface area contributed by atoms with E-state index >= 15 is 0 Å². The lowest BCUT2D eigenvalue weighted by Crippen LogP contribution is -2.09. The van der Waals surface area contributed by atoms with Crippen LogP contribution in [-0.2, 0) is 9.59 Å². The number of hydrogen-bond donors (Lipinski definition) is 3. The molecular formula is C2H6N2O7. The first-order chi connectivity index (χ1) is 4.37. The van der Waals surface area contributed by atoms with Crippen molar-refractivity contribution in [1.29, 1.82) is 0 Å². The zero-order valence-electron chi connectivity index (χ0n) is 5.38. The van der Waals surface area contributed by atoms with Crippen LogP contribution in [0.4, 0.5) is 0 Å². The molecule has 0 bridgehead atoms. The molecule has 0 unspecified atom stereocenters. The van der Waals surface area contributed by atoms with Crippen LogP contribution in [0.15, 0.2) is 0 Å². The maximum absolute atomic E-state index is 9.10. The Kier molecular flexibility index (Phi) is 11.8. The van der Waals surface area contributed by atoms with E-state index in [9.17, 15) is 0 Å². The number of nitrogens with zero attached hydrogens (tertiary/aromatic N) is 1. The van der Waals surface area contributed by atoms with E-state index < -0.39 is 17.0 Å². The Morgan fingerprint density at radius 1 is 1.09 bits per heavy atom. The fourth-order valence-corrected chi connectivity index (χ4v) is 0. The van der Waals surface area contributed by atoms with Gasteiger partial charge in [0.1, 0.15) is 0 Å². The summed E-state index contributed by atoms with van der Waals surface area (Å²) in [7, 11) is 0. The maximum atomic E-state index is 9.10. The van der Waals surface area contributed by atoms with Crippen LogP contribution in [0.5, 0.6) is 0 Å². The first-order valence-corrected chi connectivity index (χ1v) is 1.65. The maximum Gasteiger partial charge on any atom is 0.414 e. The van der Waals surface area contributed by atoms with Gasteiger partial charge in [0.25, 0.3) is 0 Å². The number of carbonyl (C=O) groups is 2. The van der Waals surface area contributed by atoms with Crippen LogP contribution < -0.4 is 6.15 Å². The van der Waals surface area contributed by atoms with Crippen molar-refractivity contribution in [2.24, 2.45) is 0 Å². The van der Waals surface area contributed by atoms with Gasteiger partial charge < -0.3 is 31.7 Å². The summed E-state index contributed by atoms with van der Waals surface area (Å²) in [6, 6.07) is 0. The molecule has 0 saturated carbocycles. The molecule has 0 atom stereocenters. The molecule has 0 amide bonds. The smallest absolute Gasteiger partial charge is 0.414 e. The fourth-order valence-electron chi connectivity index (χ4n) is 0. The van der Waals surface area contributed by atoms with Crippen molar-refractivity contribution in [1.82, 2.24) is 6.15 Å². The number of hydrogen-bond acceptors (Lipinski definition) is 5. The number of carboxylic acid groups (broad SMARTS) is 2. The third-order valence-electron chi connectivity index (χ3n) is 0.183. The molecule has 11 heavy (non-hydrogen) atoms. The lowest BCUT2D eigenvalue weighted by molar-refractivity contribution is -0.402. The highest BCUT2D eigenvalue weighted by Crippen LogP contribution is 1.56. The van der Waals surface area contributed by atoms with Crippen molar-refractivity contribution in [2.75, 3.05) is 0 Å². The molecule has 0 aromatic rings. The molecule has 0 rings (SSSR count). The lowest BCUT2D eigenvalue weighted by Gasteiger charge is -1.74. The zero-order chi connectivity index (χ0) is 8.73. The van der Waals surface area contributed by atoms with E-state index in [1.165, 1.54) is 0 Å². The molecule has 0 aliphatic carbocycles. The molecule has 0 aliphatic rings. The number of aliphatic carboxylic acids is 2. The summed E-state index contributed by atoms with van der Waals surface area (Å²) in [6.07, 6.45) is 0. The monoisotopic (exact) mass is 170 g/mol. The SMILES string of the molecule is O=C(O)C(=O)O.O=[N+]([O-])[O-].[NH4+]. The van der Waals surface area contributed by atoms with Crippen LogP contribution in [0.3, 0.4) is 0 Å². The van der Waals surface area contributed by atoms with Crippen LogP contribution in [-0.4, -0.2) is 27.2 Å². The molecule has 6 N–H and O–H groups in total. The minimum Gasteiger partial charge on any atom is -0.473 e. The van der Waals surface area contributed by atoms with Gasteiger partial charge in [-0.05, 0) is 0 Å². The predicted molar refractivity (Wildman–Crippen MR) is 31.6 cm³/mol. The number of carboxylic acids is 2. The minimum atomic E-state index is -1.82. The molecule has 66 valence electrons. The molecule has 0 saturated heterocycles. The average Bonchev–Trinajstić information content (AvgIpc) is 1.63. The van der Waals surface area contributed by atoms with Crippen molar-refractivity contribution in [3.05, 3.63) is 15.3 Å². The molecule has 0 fully saturated rings. The topological polar surface area (TPSA) is 177 Å². The van der Waals surface area contributed by atoms with E-state index in [0.717, 1.165) is 0 Å². The molecular weight excluding hydrogens is 164 g/mol. The Balaban J connectivity index is -0.000000114. The summed E-state index contributed by atoms with van der Waals surface area (Å²) >= 11 is 0. The Hall–Kier alpha value is -1.90. The Labute approximate surface area is 59.6 Å². The van der Waals surface area contributed by atoms with E-state index in [1.54, 1.807) is 0 Å². The Morgan fingerprint density at radius 2 is 1.18 bits per heavy atom. The normalized spacial score (nSPS) is 6.18. The Bertz CT molecular complexity index is 137. The summed E-state index contributed by atoms with van der Waals surface area (Å²) in [5, 5.41) is 29.5. The zero-order valence-corrected chi connectivity index (χ0v) is 5.38. The lowest BCUT2D eigenvalue weighted by atomic mass is 10.7. The summed E-state index contributed by atoms with van der Waals surface area (Å²) in [4.78, 5) is 26.4. The Morgan fingerprint density at radius 3 is 1.18 bits per heavy atom. The molecule has 0 aliphatic heterocycles. The van der Waals surface area contributed by atoms with E-state index in [2.05, 4.69) is 0 Å². The second-order valence-electron chi connectivity index (χ2n) is 0.834. The van der Waals surface area contributed by atoms with Gasteiger partial charge in [0.15, 0.2) is 0 Å². The van der Waals surface area contributed by atoms with Crippen molar-refractivity contribution < 1.29 is 24.9 Å². The van der Waals surface area contributed by atoms with Crippen LogP contribution in [0.1, 0.15) is 0 Å². The summed E-state index contributed by atoms with van der Waals surface area (Å²) in [5.41, 5.74) is 0. The molecule has 0 aromatic carbocycles. The van der Waals surface area contributed by atoms with Crippen molar-refractivity contribution in [3.63, 3.8) is 0 Å². The highest BCUT2D eigenvalue weighted by molar-refractivity contribution is 6.27. The summed E-state index contributed by atoms with van der Waals surface area (Å²) < 4.78 is 0. The van der Waals surface area contributed by atoms with Crippen LogP contribution in [0.25, 0.3) is 0 Å². The molecule has 9 nitrogen and oxygen atoms in total. The third-order valence-corrected chi connectivity index (χ3v) is 0.183. The molecule has 0 spiro atoms. The highest BCUT2D eigenvalue weighted by Gasteiger charge is 2.04. The van der Waals surface area contributed by atoms with Crippen molar-refractivity contribution >= 4 is 11.9 Å². The molecule has 9 heteroatoms. The minimum absolute atomic E-state index is 0. The first-order valence-electron chi connectivity index (χ1n) is 1.65. The van der Waals surface area contributed by atoms with Gasteiger partial charge in [0.2, 0.25) is 0 Å². The van der Waals surface area contributed by atoms with Crippen LogP contribution >= 0.6 is 0 Å². The predicted octanol–water partition coefficient (Wildman–Crippen LogP) is -0.707. The fraction of sp³-hybridized carbons (Fsp3) is 0. The van der Waals surface area contributed by atoms with E-state index in [4.69, 9.17) is 35.1 Å². The average molecular weight is 170 g/mol. The quantitative estimate of drug-likeness (QED) is 0.244. The van der Waals surface area contributed by atoms with Gasteiger partial charge in [-0.3, -0.25) is 0 Å². The van der Waals surface area contributed by atoms with Gasteiger partial charge in [-0.15, -0.1) is 0 Å². The van der Waals surface area contributed by atoms with Gasteiger partial charge >= 0.3 is 11.9 Å². The van der Waals surface area contributed by atoms with Crippen LogP contribution in [0.2, 0.25) is 0 Å². The van der Waals surface area contributed by atoms with E-state index in [1.807, 2.05) is 0 Å². The van der Waals surface area contributed by atoms with Gasteiger partial charge in [-0.25, -0.2) is 9.59 Å². The van der Waals surface area contributed by atoms with E-state index in [-0.39, 0.29) is 6.15 Å². The number of quaternary nitrogens is 1. The molecule has 0 radical (unpaired) electrons. The third kappa shape index (κ3) is 68.3. The molecule has 0 heterocycles. The van der Waals surface area contributed by atoms with E-state index in [0.29, 0.717) is 0 Å². The van der Waals surface area contributed by atoms with Gasteiger partial charge in [0.05, 0.1) is 5.09 Å². The van der Waals surface area contributed by atoms with Gasteiger partial charge in [-0.2, -0.15) is 0 Å². The number of rotatable bonds is 0. The second-order valence-corrected chi connectivity index (χ2v) is 0.834.